The fourth-order valence-corrected chi connectivity index (χ4v) is 2.20. The molecule has 2 rings (SSSR count). The third-order valence-corrected chi connectivity index (χ3v) is 3.48. The number of carbonyl (C=O) groups is 1. The minimum absolute atomic E-state index is 0.160. The molecule has 0 aliphatic rings. The molecule has 0 bridgehead atoms. The van der Waals surface area contributed by atoms with E-state index in [-0.39, 0.29) is 5.91 Å². The van der Waals surface area contributed by atoms with E-state index >= 15 is 0 Å². The number of ether oxygens (including phenoxy) is 1. The molecule has 0 saturated carbocycles. The standard InChI is InChI=1S/C18H23NO3/c1-12(2)16-8-7-13(3)10-17(16)22-14(4)18(20)19-11-15-6-5-9-21-15/h5-10,12,14H,11H2,1-4H3,(H,19,20)/t14-/m1/s1. The van der Waals surface area contributed by atoms with Gasteiger partial charge in [-0.05, 0) is 49.1 Å². The van der Waals surface area contributed by atoms with Crippen LogP contribution >= 0.6 is 0 Å². The van der Waals surface area contributed by atoms with Crippen LogP contribution in [0, 0.1) is 6.92 Å². The molecule has 0 aliphatic carbocycles. The van der Waals surface area contributed by atoms with Gasteiger partial charge in [0, 0.05) is 0 Å². The summed E-state index contributed by atoms with van der Waals surface area (Å²) in [5, 5.41) is 2.81. The van der Waals surface area contributed by atoms with Gasteiger partial charge in [-0.3, -0.25) is 4.79 Å². The number of aryl methyl sites for hydroxylation is 1. The third kappa shape index (κ3) is 4.13. The van der Waals surface area contributed by atoms with Crippen molar-refractivity contribution in [1.29, 1.82) is 0 Å². The Morgan fingerprint density at radius 1 is 1.27 bits per heavy atom. The highest BCUT2D eigenvalue weighted by molar-refractivity contribution is 5.80. The van der Waals surface area contributed by atoms with Crippen LogP contribution in [-0.4, -0.2) is 12.0 Å². The summed E-state index contributed by atoms with van der Waals surface area (Å²) in [6, 6.07) is 9.71. The molecule has 4 heteroatoms. The number of carbonyl (C=O) groups excluding carboxylic acids is 1. The lowest BCUT2D eigenvalue weighted by molar-refractivity contribution is -0.127. The molecule has 1 atom stereocenters. The van der Waals surface area contributed by atoms with Crippen molar-refractivity contribution >= 4 is 5.91 Å². The summed E-state index contributed by atoms with van der Waals surface area (Å²) in [6.45, 7) is 8.35. The molecule has 4 nitrogen and oxygen atoms in total. The van der Waals surface area contributed by atoms with E-state index in [0.717, 1.165) is 22.6 Å². The van der Waals surface area contributed by atoms with Gasteiger partial charge >= 0.3 is 0 Å². The van der Waals surface area contributed by atoms with Gasteiger partial charge in [-0.15, -0.1) is 0 Å². The maximum Gasteiger partial charge on any atom is 0.261 e. The van der Waals surface area contributed by atoms with Crippen molar-refractivity contribution in [3.8, 4) is 5.75 Å². The van der Waals surface area contributed by atoms with E-state index in [4.69, 9.17) is 9.15 Å². The first-order valence-corrected chi connectivity index (χ1v) is 7.54. The monoisotopic (exact) mass is 301 g/mol. The van der Waals surface area contributed by atoms with Crippen LogP contribution in [0.1, 0.15) is 43.6 Å². The zero-order valence-electron chi connectivity index (χ0n) is 13.6. The first-order chi connectivity index (χ1) is 10.5. The van der Waals surface area contributed by atoms with Crippen molar-refractivity contribution < 1.29 is 13.9 Å². The molecule has 0 saturated heterocycles. The van der Waals surface area contributed by atoms with Crippen molar-refractivity contribution in [2.24, 2.45) is 0 Å². The molecule has 0 fully saturated rings. The summed E-state index contributed by atoms with van der Waals surface area (Å²) >= 11 is 0. The molecule has 22 heavy (non-hydrogen) atoms. The van der Waals surface area contributed by atoms with Crippen LogP contribution < -0.4 is 10.1 Å². The van der Waals surface area contributed by atoms with Gasteiger partial charge in [0.15, 0.2) is 6.10 Å². The van der Waals surface area contributed by atoms with Gasteiger partial charge in [0.1, 0.15) is 11.5 Å². The molecule has 1 heterocycles. The smallest absolute Gasteiger partial charge is 0.261 e. The Bertz CT molecular complexity index is 617. The zero-order chi connectivity index (χ0) is 16.1. The lowest BCUT2D eigenvalue weighted by Crippen LogP contribution is -2.36. The van der Waals surface area contributed by atoms with E-state index < -0.39 is 6.10 Å². The maximum atomic E-state index is 12.1. The van der Waals surface area contributed by atoms with Gasteiger partial charge < -0.3 is 14.5 Å². The van der Waals surface area contributed by atoms with Gasteiger partial charge in [0.2, 0.25) is 0 Å². The number of rotatable bonds is 6. The fourth-order valence-electron chi connectivity index (χ4n) is 2.20. The maximum absolute atomic E-state index is 12.1. The lowest BCUT2D eigenvalue weighted by atomic mass is 10.0. The van der Waals surface area contributed by atoms with Crippen molar-refractivity contribution in [3.05, 3.63) is 53.5 Å². The number of benzene rings is 1. The predicted octanol–water partition coefficient (Wildman–Crippen LogP) is 3.80. The number of nitrogens with one attached hydrogen (secondary N) is 1. The second-order valence-corrected chi connectivity index (χ2v) is 5.75. The van der Waals surface area contributed by atoms with Gasteiger partial charge in [-0.2, -0.15) is 0 Å². The Labute approximate surface area is 131 Å². The van der Waals surface area contributed by atoms with E-state index in [1.807, 2.05) is 19.1 Å². The van der Waals surface area contributed by atoms with Crippen LogP contribution in [-0.2, 0) is 11.3 Å². The topological polar surface area (TPSA) is 51.5 Å². The number of hydrogen-bond acceptors (Lipinski definition) is 3. The van der Waals surface area contributed by atoms with Crippen LogP contribution in [0.5, 0.6) is 5.75 Å². The largest absolute Gasteiger partial charge is 0.481 e. The van der Waals surface area contributed by atoms with Gasteiger partial charge in [0.25, 0.3) is 5.91 Å². The average molecular weight is 301 g/mol. The first kappa shape index (κ1) is 16.1. The number of furan rings is 1. The molecular weight excluding hydrogens is 278 g/mol. The van der Waals surface area contributed by atoms with Gasteiger partial charge in [-0.1, -0.05) is 26.0 Å². The van der Waals surface area contributed by atoms with E-state index in [0.29, 0.717) is 12.5 Å². The fraction of sp³-hybridized carbons (Fsp3) is 0.389. The normalized spacial score (nSPS) is 12.2. The van der Waals surface area contributed by atoms with Crippen molar-refractivity contribution in [2.75, 3.05) is 0 Å². The molecule has 0 radical (unpaired) electrons. The van der Waals surface area contributed by atoms with Crippen LogP contribution in [0.4, 0.5) is 0 Å². The van der Waals surface area contributed by atoms with E-state index in [2.05, 4.69) is 31.3 Å². The predicted molar refractivity (Wildman–Crippen MR) is 85.9 cm³/mol. The van der Waals surface area contributed by atoms with E-state index in [9.17, 15) is 4.79 Å². The zero-order valence-corrected chi connectivity index (χ0v) is 13.6. The van der Waals surface area contributed by atoms with E-state index in [1.165, 1.54) is 0 Å². The summed E-state index contributed by atoms with van der Waals surface area (Å²) in [5.41, 5.74) is 2.22. The molecule has 1 N–H and O–H groups in total. The molecule has 2 aromatic rings. The molecule has 0 spiro atoms. The van der Waals surface area contributed by atoms with Crippen molar-refractivity contribution in [2.45, 2.75) is 46.3 Å². The average Bonchev–Trinajstić information content (AvgIpc) is 2.97. The van der Waals surface area contributed by atoms with E-state index in [1.54, 1.807) is 19.3 Å². The minimum atomic E-state index is -0.561. The Morgan fingerprint density at radius 3 is 2.68 bits per heavy atom. The Morgan fingerprint density at radius 2 is 2.05 bits per heavy atom. The third-order valence-electron chi connectivity index (χ3n) is 3.48. The van der Waals surface area contributed by atoms with Crippen molar-refractivity contribution in [3.63, 3.8) is 0 Å². The molecule has 1 aromatic carbocycles. The van der Waals surface area contributed by atoms with Crippen molar-refractivity contribution in [1.82, 2.24) is 5.32 Å². The van der Waals surface area contributed by atoms with Gasteiger partial charge in [-0.25, -0.2) is 0 Å². The SMILES string of the molecule is Cc1ccc(C(C)C)c(O[C@H](C)C(=O)NCc2ccco2)c1. The highest BCUT2D eigenvalue weighted by Gasteiger charge is 2.17. The Hall–Kier alpha value is -2.23. The van der Waals surface area contributed by atoms with Gasteiger partial charge in [0.05, 0.1) is 12.8 Å². The summed E-state index contributed by atoms with van der Waals surface area (Å²) < 4.78 is 11.1. The second kappa shape index (κ2) is 7.16. The van der Waals surface area contributed by atoms with Crippen LogP contribution in [0.25, 0.3) is 0 Å². The lowest BCUT2D eigenvalue weighted by Gasteiger charge is -2.19. The quantitative estimate of drug-likeness (QED) is 0.883. The Kier molecular flexibility index (Phi) is 5.26. The molecule has 118 valence electrons. The highest BCUT2D eigenvalue weighted by atomic mass is 16.5. The highest BCUT2D eigenvalue weighted by Crippen LogP contribution is 2.28. The first-order valence-electron chi connectivity index (χ1n) is 7.54. The summed E-state index contributed by atoms with van der Waals surface area (Å²) in [6.07, 6.45) is 1.03. The molecule has 0 unspecified atom stereocenters. The summed E-state index contributed by atoms with van der Waals surface area (Å²) in [5.74, 6) is 1.68. The van der Waals surface area contributed by atoms with Crippen LogP contribution in [0.15, 0.2) is 41.0 Å². The molecule has 1 amide bonds. The second-order valence-electron chi connectivity index (χ2n) is 5.75. The summed E-state index contributed by atoms with van der Waals surface area (Å²) in [7, 11) is 0. The molecule has 0 aliphatic heterocycles. The molecular formula is C18H23NO3. The number of hydrogen-bond donors (Lipinski definition) is 1. The summed E-state index contributed by atoms with van der Waals surface area (Å²) in [4.78, 5) is 12.1. The van der Waals surface area contributed by atoms with Crippen LogP contribution in [0.2, 0.25) is 0 Å². The molecule has 1 aromatic heterocycles. The Balaban J connectivity index is 2.00. The van der Waals surface area contributed by atoms with Crippen LogP contribution in [0.3, 0.4) is 0 Å². The minimum Gasteiger partial charge on any atom is -0.481 e. The number of amides is 1.